The second-order valence-corrected chi connectivity index (χ2v) is 12.0. The Kier molecular flexibility index (Phi) is 12.6. The summed E-state index contributed by atoms with van der Waals surface area (Å²) >= 11 is 6.03. The van der Waals surface area contributed by atoms with Crippen molar-refractivity contribution in [2.75, 3.05) is 13.1 Å². The molecule has 5 amide bonds. The Bertz CT molecular complexity index is 1340. The highest BCUT2D eigenvalue weighted by Crippen LogP contribution is 2.24. The van der Waals surface area contributed by atoms with Crippen LogP contribution in [0.1, 0.15) is 51.7 Å². The van der Waals surface area contributed by atoms with E-state index in [2.05, 4.69) is 21.3 Å². The maximum atomic E-state index is 13.7. The summed E-state index contributed by atoms with van der Waals surface area (Å²) in [4.78, 5) is 68.1. The molecule has 12 heteroatoms. The number of aromatic hydroxyl groups is 1. The summed E-state index contributed by atoms with van der Waals surface area (Å²) < 4.78 is 0. The van der Waals surface area contributed by atoms with E-state index in [1.807, 2.05) is 51.1 Å². The SMILES string of the molecule is CC[C@H]1CN(C(=O)Cc2ccc(O)c(Cl)c2)CC(=O)N[C@H](C)C(=O)N[C@@H](CC(C)C)C(=O)N[C@@H](Cc2ccccc2)C(=O)N1. The van der Waals surface area contributed by atoms with Crippen molar-refractivity contribution < 1.29 is 29.1 Å². The average molecular weight is 628 g/mol. The number of halogens is 1. The van der Waals surface area contributed by atoms with Crippen molar-refractivity contribution >= 4 is 41.1 Å². The first-order valence-corrected chi connectivity index (χ1v) is 15.2. The first-order valence-electron chi connectivity index (χ1n) is 14.9. The molecule has 1 aliphatic rings. The smallest absolute Gasteiger partial charge is 0.243 e. The van der Waals surface area contributed by atoms with Crippen LogP contribution >= 0.6 is 11.6 Å². The number of hydrogen-bond acceptors (Lipinski definition) is 6. The lowest BCUT2D eigenvalue weighted by Crippen LogP contribution is -2.57. The molecule has 5 N–H and O–H groups in total. The van der Waals surface area contributed by atoms with Gasteiger partial charge in [-0.05, 0) is 48.9 Å². The van der Waals surface area contributed by atoms with E-state index < -0.39 is 53.7 Å². The first kappa shape index (κ1) is 34.4. The minimum absolute atomic E-state index is 0.00284. The van der Waals surface area contributed by atoms with E-state index >= 15 is 0 Å². The highest BCUT2D eigenvalue weighted by Gasteiger charge is 2.31. The topological polar surface area (TPSA) is 157 Å². The zero-order valence-corrected chi connectivity index (χ0v) is 26.3. The first-order chi connectivity index (χ1) is 20.9. The molecule has 0 unspecified atom stereocenters. The Morgan fingerprint density at radius 3 is 2.23 bits per heavy atom. The molecular weight excluding hydrogens is 586 g/mol. The number of carbonyl (C=O) groups excluding carboxylic acids is 5. The number of carbonyl (C=O) groups is 5. The summed E-state index contributed by atoms with van der Waals surface area (Å²) in [5, 5.41) is 21.0. The Labute approximate surface area is 263 Å². The van der Waals surface area contributed by atoms with Gasteiger partial charge in [0.2, 0.25) is 29.5 Å². The third-order valence-electron chi connectivity index (χ3n) is 7.36. The number of phenolic OH excluding ortho intramolecular Hbond substituents is 1. The number of hydrogen-bond donors (Lipinski definition) is 5. The van der Waals surface area contributed by atoms with Crippen molar-refractivity contribution in [3.05, 3.63) is 64.7 Å². The van der Waals surface area contributed by atoms with E-state index in [0.717, 1.165) is 5.56 Å². The fraction of sp³-hybridized carbons (Fsp3) is 0.469. The lowest BCUT2D eigenvalue weighted by atomic mass is 10.0. The Morgan fingerprint density at radius 1 is 0.932 bits per heavy atom. The molecule has 44 heavy (non-hydrogen) atoms. The van der Waals surface area contributed by atoms with Gasteiger partial charge in [0.25, 0.3) is 0 Å². The molecule has 0 saturated carbocycles. The van der Waals surface area contributed by atoms with Gasteiger partial charge in [-0.15, -0.1) is 0 Å². The third-order valence-corrected chi connectivity index (χ3v) is 7.66. The summed E-state index contributed by atoms with van der Waals surface area (Å²) in [6.45, 7) is 6.81. The molecule has 0 radical (unpaired) electrons. The second kappa shape index (κ2) is 16.1. The minimum atomic E-state index is -0.996. The van der Waals surface area contributed by atoms with Gasteiger partial charge in [0.05, 0.1) is 18.0 Å². The van der Waals surface area contributed by atoms with Crippen LogP contribution in [0.5, 0.6) is 5.75 Å². The van der Waals surface area contributed by atoms with Gasteiger partial charge in [0, 0.05) is 19.0 Å². The highest BCUT2D eigenvalue weighted by molar-refractivity contribution is 6.32. The van der Waals surface area contributed by atoms with Crippen molar-refractivity contribution in [2.24, 2.45) is 5.92 Å². The van der Waals surface area contributed by atoms with E-state index in [1.54, 1.807) is 6.07 Å². The molecule has 0 spiro atoms. The minimum Gasteiger partial charge on any atom is -0.506 e. The fourth-order valence-electron chi connectivity index (χ4n) is 4.90. The van der Waals surface area contributed by atoms with Crippen LogP contribution in [0.25, 0.3) is 0 Å². The van der Waals surface area contributed by atoms with Crippen LogP contribution in [0.2, 0.25) is 5.02 Å². The van der Waals surface area contributed by atoms with E-state index in [4.69, 9.17) is 11.6 Å². The van der Waals surface area contributed by atoms with Crippen molar-refractivity contribution in [1.82, 2.24) is 26.2 Å². The summed E-state index contributed by atoms with van der Waals surface area (Å²) in [5.41, 5.74) is 1.36. The van der Waals surface area contributed by atoms with Crippen molar-refractivity contribution in [3.8, 4) is 5.75 Å². The molecule has 1 heterocycles. The predicted octanol–water partition coefficient (Wildman–Crippen LogP) is 2.09. The molecule has 0 aliphatic carbocycles. The zero-order chi connectivity index (χ0) is 32.4. The van der Waals surface area contributed by atoms with E-state index in [0.29, 0.717) is 18.4 Å². The Hall–Kier alpha value is -4.12. The van der Waals surface area contributed by atoms with Crippen LogP contribution in [0.3, 0.4) is 0 Å². The van der Waals surface area contributed by atoms with Gasteiger partial charge in [-0.25, -0.2) is 0 Å². The summed E-state index contributed by atoms with van der Waals surface area (Å²) in [7, 11) is 0. The fourth-order valence-corrected chi connectivity index (χ4v) is 5.11. The molecule has 2 aromatic rings. The molecule has 238 valence electrons. The van der Waals surface area contributed by atoms with Gasteiger partial charge >= 0.3 is 0 Å². The van der Waals surface area contributed by atoms with Crippen molar-refractivity contribution in [2.45, 2.75) is 77.5 Å². The van der Waals surface area contributed by atoms with Gasteiger partial charge < -0.3 is 31.3 Å². The monoisotopic (exact) mass is 627 g/mol. The van der Waals surface area contributed by atoms with Gasteiger partial charge in [-0.1, -0.05) is 68.8 Å². The summed E-state index contributed by atoms with van der Waals surface area (Å²) in [5.74, 6) is -2.59. The van der Waals surface area contributed by atoms with E-state index in [9.17, 15) is 29.1 Å². The van der Waals surface area contributed by atoms with Crippen LogP contribution in [-0.2, 0) is 36.8 Å². The van der Waals surface area contributed by atoms with Gasteiger partial charge in [0.15, 0.2) is 0 Å². The molecule has 1 saturated heterocycles. The lowest BCUT2D eigenvalue weighted by Gasteiger charge is -2.29. The lowest BCUT2D eigenvalue weighted by molar-refractivity contribution is -0.137. The Morgan fingerprint density at radius 2 is 1.59 bits per heavy atom. The van der Waals surface area contributed by atoms with Gasteiger partial charge in [-0.2, -0.15) is 0 Å². The molecule has 4 atom stereocenters. The summed E-state index contributed by atoms with van der Waals surface area (Å²) in [6.07, 6.45) is 0.842. The van der Waals surface area contributed by atoms with Crippen molar-refractivity contribution in [3.63, 3.8) is 0 Å². The highest BCUT2D eigenvalue weighted by atomic mass is 35.5. The third kappa shape index (κ3) is 10.3. The molecule has 0 aromatic heterocycles. The average Bonchev–Trinajstić information content (AvgIpc) is 2.97. The molecular formula is C32H42ClN5O6. The van der Waals surface area contributed by atoms with Crippen LogP contribution in [0.4, 0.5) is 0 Å². The number of phenols is 1. The maximum absolute atomic E-state index is 13.7. The number of amides is 5. The van der Waals surface area contributed by atoms with Crippen molar-refractivity contribution in [1.29, 1.82) is 0 Å². The standard InChI is InChI=1S/C32H42ClN5O6/c1-5-23-17-38(29(41)16-22-11-12-27(39)24(33)14-22)18-28(40)34-20(4)30(42)36-25(13-19(2)3)32(44)37-26(31(43)35-23)15-21-9-7-6-8-10-21/h6-12,14,19-20,23,25-26,39H,5,13,15-18H2,1-4H3,(H,34,40)(H,35,43)(H,36,42)(H,37,44)/t20-,23+,25+,26+/m1/s1. The second-order valence-electron chi connectivity index (χ2n) is 11.6. The quantitative estimate of drug-likeness (QED) is 0.316. The number of rotatable bonds is 7. The molecule has 1 aliphatic heterocycles. The number of benzene rings is 2. The van der Waals surface area contributed by atoms with E-state index in [1.165, 1.54) is 24.0 Å². The maximum Gasteiger partial charge on any atom is 0.243 e. The molecule has 2 aromatic carbocycles. The normalized spacial score (nSPS) is 22.3. The zero-order valence-electron chi connectivity index (χ0n) is 25.6. The molecule has 11 nitrogen and oxygen atoms in total. The number of nitrogens with zero attached hydrogens (tertiary/aromatic N) is 1. The van der Waals surface area contributed by atoms with Gasteiger partial charge in [0.1, 0.15) is 23.9 Å². The summed E-state index contributed by atoms with van der Waals surface area (Å²) in [6, 6.07) is 10.2. The van der Waals surface area contributed by atoms with Crippen LogP contribution in [0, 0.1) is 5.92 Å². The largest absolute Gasteiger partial charge is 0.506 e. The molecule has 3 rings (SSSR count). The molecule has 1 fully saturated rings. The predicted molar refractivity (Wildman–Crippen MR) is 167 cm³/mol. The van der Waals surface area contributed by atoms with Crippen LogP contribution < -0.4 is 21.3 Å². The Balaban J connectivity index is 1.94. The van der Waals surface area contributed by atoms with E-state index in [-0.39, 0.29) is 42.6 Å². The van der Waals surface area contributed by atoms with Crippen LogP contribution in [0.15, 0.2) is 48.5 Å². The number of nitrogens with one attached hydrogen (secondary N) is 4. The van der Waals surface area contributed by atoms with Gasteiger partial charge in [-0.3, -0.25) is 24.0 Å². The molecule has 0 bridgehead atoms. The van der Waals surface area contributed by atoms with Crippen LogP contribution in [-0.4, -0.2) is 76.8 Å².